The van der Waals surface area contributed by atoms with Crippen LogP contribution < -0.4 is 0 Å². The summed E-state index contributed by atoms with van der Waals surface area (Å²) in [6.45, 7) is 1.15. The molecule has 2 aliphatic rings. The van der Waals surface area contributed by atoms with Gasteiger partial charge in [-0.2, -0.15) is 0 Å². The third kappa shape index (κ3) is 2.30. The number of rotatable bonds is 1. The van der Waals surface area contributed by atoms with Gasteiger partial charge >= 0.3 is 0 Å². The van der Waals surface area contributed by atoms with Gasteiger partial charge in [0.1, 0.15) is 5.75 Å². The maximum Gasteiger partial charge on any atom is 0.276 e. The summed E-state index contributed by atoms with van der Waals surface area (Å²) in [7, 11) is 0. The zero-order valence-corrected chi connectivity index (χ0v) is 10.8. The number of hydrogen-bond acceptors (Lipinski definition) is 4. The summed E-state index contributed by atoms with van der Waals surface area (Å²) >= 11 is 0. The van der Waals surface area contributed by atoms with Crippen molar-refractivity contribution in [3.63, 3.8) is 0 Å². The van der Waals surface area contributed by atoms with E-state index in [-0.39, 0.29) is 29.5 Å². The molecule has 1 aliphatic carbocycles. The second-order valence-corrected chi connectivity index (χ2v) is 5.13. The predicted octanol–water partition coefficient (Wildman–Crippen LogP) is 1.57. The second-order valence-electron chi connectivity index (χ2n) is 5.13. The van der Waals surface area contributed by atoms with E-state index in [1.165, 1.54) is 12.3 Å². The van der Waals surface area contributed by atoms with E-state index in [1.54, 1.807) is 6.07 Å². The fraction of sp³-hybridized carbons (Fsp3) is 0.571. The Balaban J connectivity index is 1.84. The molecule has 0 spiro atoms. The van der Waals surface area contributed by atoms with Crippen LogP contribution >= 0.6 is 0 Å². The molecule has 2 unspecified atom stereocenters. The third-order valence-corrected chi connectivity index (χ3v) is 3.98. The van der Waals surface area contributed by atoms with E-state index < -0.39 is 0 Å². The lowest BCUT2D eigenvalue weighted by molar-refractivity contribution is -0.0754. The molecule has 2 atom stereocenters. The average Bonchev–Trinajstić information content (AvgIpc) is 2.46. The molecule has 0 aromatic carbocycles. The Bertz CT molecular complexity index is 476. The molecular weight excluding hydrogens is 244 g/mol. The minimum absolute atomic E-state index is 0.0497. The number of hydrogen-bond donors (Lipinski definition) is 1. The normalized spacial score (nSPS) is 26.8. The topological polar surface area (TPSA) is 62.7 Å². The molecule has 2 heterocycles. The van der Waals surface area contributed by atoms with Crippen LogP contribution in [0.25, 0.3) is 0 Å². The molecule has 1 amide bonds. The Labute approximate surface area is 112 Å². The van der Waals surface area contributed by atoms with Crippen LogP contribution in [0.5, 0.6) is 5.75 Å². The van der Waals surface area contributed by atoms with Gasteiger partial charge in [-0.15, -0.1) is 0 Å². The summed E-state index contributed by atoms with van der Waals surface area (Å²) in [4.78, 5) is 18.4. The van der Waals surface area contributed by atoms with Crippen molar-refractivity contribution < 1.29 is 14.6 Å². The number of pyridine rings is 1. The lowest BCUT2D eigenvalue weighted by atomic mass is 9.90. The molecule has 2 fully saturated rings. The first kappa shape index (κ1) is 12.4. The number of nitrogens with zero attached hydrogens (tertiary/aromatic N) is 2. The number of carbonyl (C=O) groups excluding carboxylic acids is 1. The highest BCUT2D eigenvalue weighted by Gasteiger charge is 2.37. The van der Waals surface area contributed by atoms with E-state index in [4.69, 9.17) is 4.74 Å². The molecule has 5 heteroatoms. The van der Waals surface area contributed by atoms with E-state index in [1.807, 2.05) is 4.90 Å². The van der Waals surface area contributed by atoms with Crippen molar-refractivity contribution in [1.29, 1.82) is 0 Å². The average molecular weight is 262 g/mol. The number of fused-ring (bicyclic) bond motifs is 1. The largest absolute Gasteiger partial charge is 0.505 e. The molecular formula is C14H18N2O3. The van der Waals surface area contributed by atoms with E-state index in [0.717, 1.165) is 25.7 Å². The zero-order valence-electron chi connectivity index (χ0n) is 10.8. The minimum atomic E-state index is -0.182. The van der Waals surface area contributed by atoms with Crippen LogP contribution in [-0.4, -0.2) is 46.2 Å². The zero-order chi connectivity index (χ0) is 13.2. The molecule has 0 bridgehead atoms. The van der Waals surface area contributed by atoms with Crippen LogP contribution in [0.15, 0.2) is 18.3 Å². The van der Waals surface area contributed by atoms with Gasteiger partial charge in [0, 0.05) is 12.7 Å². The van der Waals surface area contributed by atoms with Gasteiger partial charge in [-0.1, -0.05) is 12.8 Å². The number of aromatic hydroxyl groups is 1. The molecule has 1 saturated carbocycles. The van der Waals surface area contributed by atoms with Crippen molar-refractivity contribution in [2.75, 3.05) is 13.2 Å². The van der Waals surface area contributed by atoms with Crippen molar-refractivity contribution >= 4 is 5.91 Å². The first-order valence-corrected chi connectivity index (χ1v) is 6.84. The number of morpholine rings is 1. The number of ether oxygens (including phenoxy) is 1. The molecule has 19 heavy (non-hydrogen) atoms. The van der Waals surface area contributed by atoms with Crippen LogP contribution in [0.1, 0.15) is 36.2 Å². The Kier molecular flexibility index (Phi) is 3.38. The first-order chi connectivity index (χ1) is 9.27. The Morgan fingerprint density at radius 3 is 3.11 bits per heavy atom. The summed E-state index contributed by atoms with van der Waals surface area (Å²) in [5, 5.41) is 9.77. The van der Waals surface area contributed by atoms with Crippen LogP contribution in [0, 0.1) is 0 Å². The monoisotopic (exact) mass is 262 g/mol. The Morgan fingerprint density at radius 2 is 2.26 bits per heavy atom. The highest BCUT2D eigenvalue weighted by atomic mass is 16.5. The van der Waals surface area contributed by atoms with Gasteiger partial charge in [0.2, 0.25) is 0 Å². The van der Waals surface area contributed by atoms with Gasteiger partial charge in [-0.25, -0.2) is 4.98 Å². The predicted molar refractivity (Wildman–Crippen MR) is 68.9 cm³/mol. The van der Waals surface area contributed by atoms with E-state index >= 15 is 0 Å². The molecule has 3 rings (SSSR count). The molecule has 1 aromatic heterocycles. The maximum absolute atomic E-state index is 12.5. The van der Waals surface area contributed by atoms with Crippen molar-refractivity contribution in [3.8, 4) is 5.75 Å². The maximum atomic E-state index is 12.5. The van der Waals surface area contributed by atoms with Crippen molar-refractivity contribution in [2.24, 2.45) is 0 Å². The standard InChI is InChI=1S/C14H18N2O3/c17-11-5-3-7-15-13(11)14(18)16-8-9-19-12-6-2-1-4-10(12)16/h3,5,7,10,12,17H,1-2,4,6,8-9H2. The summed E-state index contributed by atoms with van der Waals surface area (Å²) in [5.74, 6) is -0.232. The van der Waals surface area contributed by atoms with Gasteiger partial charge in [0.05, 0.1) is 18.8 Å². The second kappa shape index (κ2) is 5.17. The third-order valence-electron chi connectivity index (χ3n) is 3.98. The number of carbonyl (C=O) groups is 1. The van der Waals surface area contributed by atoms with Gasteiger partial charge < -0.3 is 14.7 Å². The molecule has 1 aliphatic heterocycles. The first-order valence-electron chi connectivity index (χ1n) is 6.84. The van der Waals surface area contributed by atoms with Crippen molar-refractivity contribution in [3.05, 3.63) is 24.0 Å². The fourth-order valence-corrected chi connectivity index (χ4v) is 3.05. The van der Waals surface area contributed by atoms with Crippen LogP contribution in [-0.2, 0) is 4.74 Å². The van der Waals surface area contributed by atoms with Crippen LogP contribution in [0.4, 0.5) is 0 Å². The van der Waals surface area contributed by atoms with Gasteiger partial charge in [-0.05, 0) is 25.0 Å². The molecule has 1 aromatic rings. The molecule has 1 saturated heterocycles. The summed E-state index contributed by atoms with van der Waals surface area (Å²) < 4.78 is 5.75. The van der Waals surface area contributed by atoms with Crippen molar-refractivity contribution in [1.82, 2.24) is 9.88 Å². The molecule has 0 radical (unpaired) electrons. The van der Waals surface area contributed by atoms with Crippen molar-refractivity contribution in [2.45, 2.75) is 37.8 Å². The smallest absolute Gasteiger partial charge is 0.276 e. The summed E-state index contributed by atoms with van der Waals surface area (Å²) in [6, 6.07) is 3.25. The van der Waals surface area contributed by atoms with E-state index in [0.29, 0.717) is 13.2 Å². The minimum Gasteiger partial charge on any atom is -0.505 e. The Morgan fingerprint density at radius 1 is 1.42 bits per heavy atom. The lowest BCUT2D eigenvalue weighted by Crippen LogP contribution is -2.54. The van der Waals surface area contributed by atoms with E-state index in [9.17, 15) is 9.90 Å². The molecule has 5 nitrogen and oxygen atoms in total. The summed E-state index contributed by atoms with van der Waals surface area (Å²) in [5.41, 5.74) is 0.147. The fourth-order valence-electron chi connectivity index (χ4n) is 3.05. The highest BCUT2D eigenvalue weighted by Crippen LogP contribution is 2.30. The SMILES string of the molecule is O=C(c1ncccc1O)N1CCOC2CCCCC21. The number of aromatic nitrogens is 1. The summed E-state index contributed by atoms with van der Waals surface area (Å²) in [6.07, 6.45) is 5.97. The Hall–Kier alpha value is -1.62. The quantitative estimate of drug-likeness (QED) is 0.834. The highest BCUT2D eigenvalue weighted by molar-refractivity contribution is 5.95. The molecule has 102 valence electrons. The van der Waals surface area contributed by atoms with Gasteiger partial charge in [0.25, 0.3) is 5.91 Å². The molecule has 1 N–H and O–H groups in total. The van der Waals surface area contributed by atoms with Crippen LogP contribution in [0.2, 0.25) is 0 Å². The lowest BCUT2D eigenvalue weighted by Gasteiger charge is -2.43. The van der Waals surface area contributed by atoms with E-state index in [2.05, 4.69) is 4.98 Å². The van der Waals surface area contributed by atoms with Gasteiger partial charge in [-0.3, -0.25) is 4.79 Å². The van der Waals surface area contributed by atoms with Crippen LogP contribution in [0.3, 0.4) is 0 Å². The van der Waals surface area contributed by atoms with Gasteiger partial charge in [0.15, 0.2) is 5.69 Å². The number of amides is 1.